The Kier molecular flexibility index (Phi) is 4.50. The van der Waals surface area contributed by atoms with Gasteiger partial charge in [0.15, 0.2) is 0 Å². The van der Waals surface area contributed by atoms with Gasteiger partial charge in [-0.15, -0.1) is 11.3 Å². The predicted octanol–water partition coefficient (Wildman–Crippen LogP) is 2.14. The van der Waals surface area contributed by atoms with Crippen molar-refractivity contribution in [2.24, 2.45) is 5.73 Å². The van der Waals surface area contributed by atoms with E-state index in [9.17, 15) is 0 Å². The van der Waals surface area contributed by atoms with Crippen LogP contribution in [0.4, 0.5) is 0 Å². The molecule has 0 saturated carbocycles. The van der Waals surface area contributed by atoms with Crippen molar-refractivity contribution in [3.8, 4) is 0 Å². The van der Waals surface area contributed by atoms with Crippen molar-refractivity contribution in [3.63, 3.8) is 0 Å². The third kappa shape index (κ3) is 2.84. The van der Waals surface area contributed by atoms with Crippen LogP contribution in [0.2, 0.25) is 0 Å². The fourth-order valence-electron chi connectivity index (χ4n) is 1.92. The van der Waals surface area contributed by atoms with Crippen LogP contribution in [0.25, 0.3) is 10.1 Å². The lowest BCUT2D eigenvalue weighted by atomic mass is 10.1. The number of benzene rings is 1. The molecule has 0 amide bonds. The lowest BCUT2D eigenvalue weighted by Crippen LogP contribution is -2.30. The average Bonchev–Trinajstić information content (AvgIpc) is 2.79. The molecule has 1 unspecified atom stereocenters. The maximum atomic E-state index is 5.84. The minimum atomic E-state index is 0.210. The summed E-state index contributed by atoms with van der Waals surface area (Å²) in [5.74, 6) is 0. The summed E-state index contributed by atoms with van der Waals surface area (Å²) in [7, 11) is 1.71. The van der Waals surface area contributed by atoms with Crippen LogP contribution < -0.4 is 11.1 Å². The molecule has 0 bridgehead atoms. The summed E-state index contributed by atoms with van der Waals surface area (Å²) in [5.41, 5.74) is 7.13. The molecule has 4 heteroatoms. The number of hydrogen-bond acceptors (Lipinski definition) is 4. The Balaban J connectivity index is 2.18. The van der Waals surface area contributed by atoms with Gasteiger partial charge >= 0.3 is 0 Å². The van der Waals surface area contributed by atoms with Crippen LogP contribution in [-0.4, -0.2) is 26.8 Å². The van der Waals surface area contributed by atoms with Crippen LogP contribution in [-0.2, 0) is 4.74 Å². The van der Waals surface area contributed by atoms with Gasteiger partial charge in [0.05, 0.1) is 6.61 Å². The molecule has 0 aliphatic rings. The lowest BCUT2D eigenvalue weighted by molar-refractivity contribution is 0.196. The van der Waals surface area contributed by atoms with Crippen molar-refractivity contribution in [3.05, 3.63) is 35.2 Å². The molecule has 0 fully saturated rings. The molecule has 0 aliphatic carbocycles. The van der Waals surface area contributed by atoms with Gasteiger partial charge in [-0.1, -0.05) is 18.2 Å². The van der Waals surface area contributed by atoms with Crippen molar-refractivity contribution < 1.29 is 4.74 Å². The Hall–Kier alpha value is -0.940. The smallest absolute Gasteiger partial charge is 0.0587 e. The molecule has 0 radical (unpaired) electrons. The Morgan fingerprint density at radius 3 is 3.00 bits per heavy atom. The highest BCUT2D eigenvalue weighted by atomic mass is 32.1. The van der Waals surface area contributed by atoms with E-state index in [0.717, 1.165) is 6.54 Å². The molecule has 3 nitrogen and oxygen atoms in total. The maximum absolute atomic E-state index is 5.84. The highest BCUT2D eigenvalue weighted by molar-refractivity contribution is 7.17. The zero-order valence-corrected chi connectivity index (χ0v) is 10.8. The van der Waals surface area contributed by atoms with E-state index in [2.05, 4.69) is 35.0 Å². The number of nitrogens with one attached hydrogen (secondary N) is 1. The van der Waals surface area contributed by atoms with E-state index >= 15 is 0 Å². The molecule has 1 atom stereocenters. The van der Waals surface area contributed by atoms with Gasteiger partial charge in [-0.05, 0) is 22.4 Å². The summed E-state index contributed by atoms with van der Waals surface area (Å²) < 4.78 is 6.36. The van der Waals surface area contributed by atoms with Gasteiger partial charge < -0.3 is 15.8 Å². The molecule has 1 aromatic heterocycles. The van der Waals surface area contributed by atoms with Crippen LogP contribution in [0.15, 0.2) is 29.6 Å². The van der Waals surface area contributed by atoms with Gasteiger partial charge in [0.2, 0.25) is 0 Å². The standard InChI is InChI=1S/C13H18N2OS/c1-16-7-6-15-12(8-14)11-9-17-13-5-3-2-4-10(11)13/h2-5,9,12,15H,6-8,14H2,1H3. The fourth-order valence-corrected chi connectivity index (χ4v) is 2.94. The van der Waals surface area contributed by atoms with Crippen molar-refractivity contribution in [2.45, 2.75) is 6.04 Å². The molecule has 1 aromatic carbocycles. The first-order valence-corrected chi connectivity index (χ1v) is 6.63. The summed E-state index contributed by atoms with van der Waals surface area (Å²) in [5, 5.41) is 6.92. The molecule has 2 aromatic rings. The SMILES string of the molecule is COCCNC(CN)c1csc2ccccc12. The van der Waals surface area contributed by atoms with E-state index in [-0.39, 0.29) is 6.04 Å². The number of nitrogens with two attached hydrogens (primary N) is 1. The zero-order valence-electron chi connectivity index (χ0n) is 9.98. The van der Waals surface area contributed by atoms with E-state index in [1.165, 1.54) is 15.6 Å². The topological polar surface area (TPSA) is 47.3 Å². The number of rotatable bonds is 6. The van der Waals surface area contributed by atoms with Crippen molar-refractivity contribution in [2.75, 3.05) is 26.8 Å². The monoisotopic (exact) mass is 250 g/mol. The van der Waals surface area contributed by atoms with Crippen molar-refractivity contribution >= 4 is 21.4 Å². The molecule has 17 heavy (non-hydrogen) atoms. The Morgan fingerprint density at radius 1 is 1.41 bits per heavy atom. The van der Waals surface area contributed by atoms with Gasteiger partial charge in [-0.3, -0.25) is 0 Å². The van der Waals surface area contributed by atoms with E-state index in [4.69, 9.17) is 10.5 Å². The van der Waals surface area contributed by atoms with Gasteiger partial charge in [0.1, 0.15) is 0 Å². The molecule has 0 spiro atoms. The summed E-state index contributed by atoms with van der Waals surface area (Å²) in [6, 6.07) is 8.65. The summed E-state index contributed by atoms with van der Waals surface area (Å²) in [4.78, 5) is 0. The first-order chi connectivity index (χ1) is 8.36. The normalized spacial score (nSPS) is 13.1. The quantitative estimate of drug-likeness (QED) is 0.772. The van der Waals surface area contributed by atoms with Crippen LogP contribution in [0, 0.1) is 0 Å². The third-order valence-electron chi connectivity index (χ3n) is 2.82. The van der Waals surface area contributed by atoms with Crippen molar-refractivity contribution in [1.29, 1.82) is 0 Å². The summed E-state index contributed by atoms with van der Waals surface area (Å²) in [6.07, 6.45) is 0. The molecule has 92 valence electrons. The minimum Gasteiger partial charge on any atom is -0.383 e. The van der Waals surface area contributed by atoms with E-state index in [1.54, 1.807) is 18.4 Å². The molecular weight excluding hydrogens is 232 g/mol. The molecular formula is C13H18N2OS. The second-order valence-corrected chi connectivity index (χ2v) is 4.83. The van der Waals surface area contributed by atoms with Crippen molar-refractivity contribution in [1.82, 2.24) is 5.32 Å². The van der Waals surface area contributed by atoms with Gasteiger partial charge in [-0.25, -0.2) is 0 Å². The number of hydrogen-bond donors (Lipinski definition) is 2. The van der Waals surface area contributed by atoms with Crippen LogP contribution in [0.5, 0.6) is 0 Å². The third-order valence-corrected chi connectivity index (χ3v) is 3.80. The highest BCUT2D eigenvalue weighted by Crippen LogP contribution is 2.29. The second kappa shape index (κ2) is 6.12. The number of ether oxygens (including phenoxy) is 1. The second-order valence-electron chi connectivity index (χ2n) is 3.92. The highest BCUT2D eigenvalue weighted by Gasteiger charge is 2.13. The molecule has 2 rings (SSSR count). The number of methoxy groups -OCH3 is 1. The maximum Gasteiger partial charge on any atom is 0.0587 e. The summed E-state index contributed by atoms with van der Waals surface area (Å²) >= 11 is 1.77. The first kappa shape index (κ1) is 12.5. The fraction of sp³-hybridized carbons (Fsp3) is 0.385. The Morgan fingerprint density at radius 2 is 2.24 bits per heavy atom. The minimum absolute atomic E-state index is 0.210. The van der Waals surface area contributed by atoms with E-state index in [1.807, 2.05) is 0 Å². The average molecular weight is 250 g/mol. The number of fused-ring (bicyclic) bond motifs is 1. The predicted molar refractivity (Wildman–Crippen MR) is 73.5 cm³/mol. The van der Waals surface area contributed by atoms with E-state index in [0.29, 0.717) is 13.2 Å². The van der Waals surface area contributed by atoms with Crippen LogP contribution in [0.3, 0.4) is 0 Å². The van der Waals surface area contributed by atoms with Crippen LogP contribution >= 0.6 is 11.3 Å². The molecule has 0 aliphatic heterocycles. The largest absolute Gasteiger partial charge is 0.383 e. The first-order valence-electron chi connectivity index (χ1n) is 5.75. The Bertz CT molecular complexity index is 469. The Labute approximate surface area is 106 Å². The zero-order chi connectivity index (χ0) is 12.1. The lowest BCUT2D eigenvalue weighted by Gasteiger charge is -2.16. The molecule has 0 saturated heterocycles. The number of thiophene rings is 1. The van der Waals surface area contributed by atoms with Gasteiger partial charge in [-0.2, -0.15) is 0 Å². The van der Waals surface area contributed by atoms with Gasteiger partial charge in [0, 0.05) is 30.9 Å². The molecule has 1 heterocycles. The van der Waals surface area contributed by atoms with Gasteiger partial charge in [0.25, 0.3) is 0 Å². The summed E-state index contributed by atoms with van der Waals surface area (Å²) in [6.45, 7) is 2.13. The van der Waals surface area contributed by atoms with E-state index < -0.39 is 0 Å². The van der Waals surface area contributed by atoms with Crippen LogP contribution in [0.1, 0.15) is 11.6 Å². The molecule has 3 N–H and O–H groups in total.